The summed E-state index contributed by atoms with van der Waals surface area (Å²) in [6, 6.07) is 8.07. The number of benzene rings is 1. The third-order valence-corrected chi connectivity index (χ3v) is 1.99. The zero-order valence-electron chi connectivity index (χ0n) is 8.82. The van der Waals surface area contributed by atoms with Crippen molar-refractivity contribution in [2.75, 3.05) is 19.0 Å². The molecule has 1 aromatic rings. The second kappa shape index (κ2) is 4.61. The molecule has 0 N–H and O–H groups in total. The van der Waals surface area contributed by atoms with Crippen LogP contribution >= 0.6 is 0 Å². The molecule has 74 valence electrons. The molecule has 1 aromatic carbocycles. The van der Waals surface area contributed by atoms with Gasteiger partial charge < -0.3 is 4.90 Å². The number of anilines is 1. The van der Waals surface area contributed by atoms with Crippen molar-refractivity contribution in [3.63, 3.8) is 0 Å². The molecule has 0 saturated heterocycles. The summed E-state index contributed by atoms with van der Waals surface area (Å²) < 4.78 is 0. The molecule has 0 amide bonds. The van der Waals surface area contributed by atoms with E-state index in [1.807, 2.05) is 49.3 Å². The lowest BCUT2D eigenvalue weighted by atomic mass is 10.1. The summed E-state index contributed by atoms with van der Waals surface area (Å²) in [7, 11) is 4.00. The molecule has 2 nitrogen and oxygen atoms in total. The van der Waals surface area contributed by atoms with Crippen LogP contribution in [0.1, 0.15) is 12.5 Å². The van der Waals surface area contributed by atoms with Crippen molar-refractivity contribution in [3.05, 3.63) is 35.4 Å². The van der Waals surface area contributed by atoms with Gasteiger partial charge >= 0.3 is 0 Å². The van der Waals surface area contributed by atoms with Gasteiger partial charge in [0.25, 0.3) is 0 Å². The number of aldehydes is 1. The minimum Gasteiger partial charge on any atom is -0.378 e. The fourth-order valence-corrected chi connectivity index (χ4v) is 1.17. The average Bonchev–Trinajstić information content (AvgIpc) is 2.18. The standard InChI is InChI=1S/C12H15NO/c1-10(9-14)8-11-4-6-12(7-5-11)13(2)3/h4-9H,1-3H3/b10-8+. The number of hydrogen-bond donors (Lipinski definition) is 0. The van der Waals surface area contributed by atoms with Crippen molar-refractivity contribution in [1.82, 2.24) is 0 Å². The molecule has 0 atom stereocenters. The lowest BCUT2D eigenvalue weighted by molar-refractivity contribution is -0.104. The van der Waals surface area contributed by atoms with Crippen LogP contribution in [-0.4, -0.2) is 20.4 Å². The largest absolute Gasteiger partial charge is 0.378 e. The molecule has 0 aliphatic carbocycles. The molecule has 0 saturated carbocycles. The van der Waals surface area contributed by atoms with Crippen LogP contribution in [0.25, 0.3) is 6.08 Å². The molecule has 0 fully saturated rings. The fourth-order valence-electron chi connectivity index (χ4n) is 1.17. The van der Waals surface area contributed by atoms with E-state index in [0.717, 1.165) is 23.1 Å². The maximum absolute atomic E-state index is 10.4. The maximum atomic E-state index is 10.4. The van der Waals surface area contributed by atoms with E-state index in [1.54, 1.807) is 6.92 Å². The molecule has 2 heteroatoms. The highest BCUT2D eigenvalue weighted by Crippen LogP contribution is 2.13. The minimum atomic E-state index is 0.739. The van der Waals surface area contributed by atoms with Crippen molar-refractivity contribution >= 4 is 18.0 Å². The van der Waals surface area contributed by atoms with Crippen molar-refractivity contribution in [2.45, 2.75) is 6.92 Å². The highest BCUT2D eigenvalue weighted by Gasteiger charge is 1.94. The van der Waals surface area contributed by atoms with E-state index in [9.17, 15) is 4.79 Å². The van der Waals surface area contributed by atoms with Crippen LogP contribution in [0.5, 0.6) is 0 Å². The van der Waals surface area contributed by atoms with E-state index in [2.05, 4.69) is 0 Å². The van der Waals surface area contributed by atoms with Crippen molar-refractivity contribution in [2.24, 2.45) is 0 Å². The van der Waals surface area contributed by atoms with Gasteiger partial charge in [0.15, 0.2) is 0 Å². The van der Waals surface area contributed by atoms with E-state index in [1.165, 1.54) is 0 Å². The molecule has 0 aliphatic rings. The molecule has 0 aliphatic heterocycles. The minimum absolute atomic E-state index is 0.739. The lowest BCUT2D eigenvalue weighted by Crippen LogP contribution is -2.07. The molecule has 1 rings (SSSR count). The van der Waals surface area contributed by atoms with Crippen LogP contribution in [-0.2, 0) is 4.79 Å². The Kier molecular flexibility index (Phi) is 3.46. The Balaban J connectivity index is 2.89. The number of carbonyl (C=O) groups excluding carboxylic acids is 1. The van der Waals surface area contributed by atoms with Crippen LogP contribution in [0.3, 0.4) is 0 Å². The molecule has 0 radical (unpaired) electrons. The first-order valence-electron chi connectivity index (χ1n) is 4.54. The number of allylic oxidation sites excluding steroid dienone is 1. The Morgan fingerprint density at radius 2 is 1.79 bits per heavy atom. The van der Waals surface area contributed by atoms with Crippen molar-refractivity contribution in [1.29, 1.82) is 0 Å². The summed E-state index contributed by atoms with van der Waals surface area (Å²) in [6.07, 6.45) is 2.73. The van der Waals surface area contributed by atoms with Gasteiger partial charge in [0, 0.05) is 19.8 Å². The predicted molar refractivity (Wildman–Crippen MR) is 60.5 cm³/mol. The number of rotatable bonds is 3. The Bertz CT molecular complexity index is 336. The Hall–Kier alpha value is -1.57. The monoisotopic (exact) mass is 189 g/mol. The summed E-state index contributed by atoms with van der Waals surface area (Å²) in [5.41, 5.74) is 2.95. The van der Waals surface area contributed by atoms with Crippen LogP contribution in [0, 0.1) is 0 Å². The van der Waals surface area contributed by atoms with Crippen LogP contribution in [0.2, 0.25) is 0 Å². The summed E-state index contributed by atoms with van der Waals surface area (Å²) in [6.45, 7) is 1.80. The van der Waals surface area contributed by atoms with Crippen LogP contribution < -0.4 is 4.90 Å². The van der Waals surface area contributed by atoms with Gasteiger partial charge in [0.2, 0.25) is 0 Å². The smallest absolute Gasteiger partial charge is 0.145 e. The van der Waals surface area contributed by atoms with E-state index in [4.69, 9.17) is 0 Å². The molecular formula is C12H15NO. The SMILES string of the molecule is C/C(C=O)=C\c1ccc(N(C)C)cc1. The van der Waals surface area contributed by atoms with Gasteiger partial charge in [-0.05, 0) is 36.3 Å². The average molecular weight is 189 g/mol. The fraction of sp³-hybridized carbons (Fsp3) is 0.250. The summed E-state index contributed by atoms with van der Waals surface area (Å²) in [5, 5.41) is 0. The highest BCUT2D eigenvalue weighted by atomic mass is 16.1. The molecule has 14 heavy (non-hydrogen) atoms. The van der Waals surface area contributed by atoms with E-state index in [0.29, 0.717) is 0 Å². The van der Waals surface area contributed by atoms with Gasteiger partial charge in [-0.1, -0.05) is 12.1 Å². The molecule has 0 heterocycles. The van der Waals surface area contributed by atoms with Crippen LogP contribution in [0.15, 0.2) is 29.8 Å². The van der Waals surface area contributed by atoms with Crippen LogP contribution in [0.4, 0.5) is 5.69 Å². The van der Waals surface area contributed by atoms with E-state index in [-0.39, 0.29) is 0 Å². The third-order valence-electron chi connectivity index (χ3n) is 1.99. The van der Waals surface area contributed by atoms with Crippen molar-refractivity contribution in [3.8, 4) is 0 Å². The van der Waals surface area contributed by atoms with E-state index >= 15 is 0 Å². The van der Waals surface area contributed by atoms with Gasteiger partial charge in [-0.3, -0.25) is 4.79 Å². The molecule has 0 aromatic heterocycles. The zero-order valence-corrected chi connectivity index (χ0v) is 8.82. The first kappa shape index (κ1) is 10.5. The number of nitrogens with zero attached hydrogens (tertiary/aromatic N) is 1. The predicted octanol–water partition coefficient (Wildman–Crippen LogP) is 2.35. The van der Waals surface area contributed by atoms with Crippen molar-refractivity contribution < 1.29 is 4.79 Å². The molecule has 0 bridgehead atoms. The Labute approximate surface area is 84.9 Å². The zero-order chi connectivity index (χ0) is 10.6. The van der Waals surface area contributed by atoms with Gasteiger partial charge in [-0.2, -0.15) is 0 Å². The first-order chi connectivity index (χ1) is 6.63. The van der Waals surface area contributed by atoms with E-state index < -0.39 is 0 Å². The normalized spacial score (nSPS) is 11.2. The molecular weight excluding hydrogens is 174 g/mol. The first-order valence-corrected chi connectivity index (χ1v) is 4.54. The maximum Gasteiger partial charge on any atom is 0.145 e. The highest BCUT2D eigenvalue weighted by molar-refractivity contribution is 5.80. The van der Waals surface area contributed by atoms with Gasteiger partial charge in [0.1, 0.15) is 6.29 Å². The second-order valence-corrected chi connectivity index (χ2v) is 3.49. The summed E-state index contributed by atoms with van der Waals surface area (Å²) in [5.74, 6) is 0. The van der Waals surface area contributed by atoms with Gasteiger partial charge in [0.05, 0.1) is 0 Å². The molecule has 0 spiro atoms. The molecule has 0 unspecified atom stereocenters. The number of hydrogen-bond acceptors (Lipinski definition) is 2. The Morgan fingerprint density at radius 3 is 2.21 bits per heavy atom. The summed E-state index contributed by atoms with van der Waals surface area (Å²) in [4.78, 5) is 12.4. The topological polar surface area (TPSA) is 20.3 Å². The van der Waals surface area contributed by atoms with Gasteiger partial charge in [-0.25, -0.2) is 0 Å². The second-order valence-electron chi connectivity index (χ2n) is 3.49. The summed E-state index contributed by atoms with van der Waals surface area (Å²) >= 11 is 0. The Morgan fingerprint density at radius 1 is 1.21 bits per heavy atom. The number of carbonyl (C=O) groups is 1. The third kappa shape index (κ3) is 2.73. The quantitative estimate of drug-likeness (QED) is 0.537. The lowest BCUT2D eigenvalue weighted by Gasteiger charge is -2.11. The van der Waals surface area contributed by atoms with Gasteiger partial charge in [-0.15, -0.1) is 0 Å².